The molecule has 1 radical (unpaired) electrons. The second kappa shape index (κ2) is 16.7. The molecule has 0 fully saturated rings. The quantitative estimate of drug-likeness (QED) is 0.357. The van der Waals surface area contributed by atoms with Crippen molar-refractivity contribution in [3.8, 4) is 0 Å². The fraction of sp³-hybridized carbons (Fsp3) is 1.00. The Bertz CT molecular complexity index is 104. The Morgan fingerprint density at radius 2 is 0.824 bits per heavy atom. The van der Waals surface area contributed by atoms with Crippen LogP contribution in [0, 0.1) is 0 Å². The number of unbranched alkanes of at least 4 members (excludes halogenated alkanes) is 6. The summed E-state index contributed by atoms with van der Waals surface area (Å²) in [5.74, 6) is 0. The van der Waals surface area contributed by atoms with E-state index in [2.05, 4.69) is 20.8 Å². The first-order chi connectivity index (χ1) is 7.85. The van der Waals surface area contributed by atoms with Gasteiger partial charge in [0.25, 0.3) is 0 Å². The van der Waals surface area contributed by atoms with Gasteiger partial charge in [0.2, 0.25) is 0 Å². The van der Waals surface area contributed by atoms with E-state index in [4.69, 9.17) is 0 Å². The van der Waals surface area contributed by atoms with Gasteiger partial charge in [-0.3, -0.25) is 0 Å². The Morgan fingerprint density at radius 3 is 1.06 bits per heavy atom. The van der Waals surface area contributed by atoms with Crippen LogP contribution in [-0.4, -0.2) is 6.71 Å². The van der Waals surface area contributed by atoms with Crippen molar-refractivity contribution in [1.29, 1.82) is 0 Å². The molecular formula is C15H33BLi. The van der Waals surface area contributed by atoms with Crippen LogP contribution in [0.2, 0.25) is 19.0 Å². The maximum Gasteiger partial charge on any atom is 1.00 e. The van der Waals surface area contributed by atoms with Crippen LogP contribution in [0.3, 0.4) is 0 Å². The average Bonchev–Trinajstić information content (AvgIpc) is 2.29. The minimum atomic E-state index is 0. The van der Waals surface area contributed by atoms with Crippen LogP contribution in [0.1, 0.15) is 78.6 Å². The van der Waals surface area contributed by atoms with Crippen molar-refractivity contribution in [2.75, 3.05) is 0 Å². The maximum absolute atomic E-state index is 2.31. The van der Waals surface area contributed by atoms with Gasteiger partial charge in [-0.1, -0.05) is 78.6 Å². The molecule has 0 aromatic carbocycles. The van der Waals surface area contributed by atoms with Crippen molar-refractivity contribution in [2.45, 2.75) is 97.5 Å². The van der Waals surface area contributed by atoms with Crippen molar-refractivity contribution in [1.82, 2.24) is 0 Å². The summed E-state index contributed by atoms with van der Waals surface area (Å²) in [6.45, 7) is 7.97. The van der Waals surface area contributed by atoms with E-state index in [9.17, 15) is 0 Å². The summed E-state index contributed by atoms with van der Waals surface area (Å²) in [5, 5.41) is 0. The third kappa shape index (κ3) is 14.6. The first-order valence-electron chi connectivity index (χ1n) is 7.85. The molecule has 0 spiro atoms. The maximum atomic E-state index is 2.31. The van der Waals surface area contributed by atoms with E-state index in [-0.39, 0.29) is 18.9 Å². The molecule has 17 heavy (non-hydrogen) atoms. The second-order valence-electron chi connectivity index (χ2n) is 5.35. The van der Waals surface area contributed by atoms with Gasteiger partial charge in [-0.25, -0.2) is 19.0 Å². The molecule has 0 aromatic rings. The summed E-state index contributed by atoms with van der Waals surface area (Å²) in [6, 6.07) is 0. The van der Waals surface area contributed by atoms with Gasteiger partial charge in [-0.15, -0.1) is 6.71 Å². The van der Waals surface area contributed by atoms with Crippen molar-refractivity contribution < 1.29 is 18.9 Å². The predicted octanol–water partition coefficient (Wildman–Crippen LogP) is 3.06. The van der Waals surface area contributed by atoms with Gasteiger partial charge < -0.3 is 0 Å². The second-order valence-corrected chi connectivity index (χ2v) is 5.35. The first-order valence-corrected chi connectivity index (χ1v) is 7.85. The third-order valence-corrected chi connectivity index (χ3v) is 3.65. The van der Waals surface area contributed by atoms with E-state index < -0.39 is 0 Å². The van der Waals surface area contributed by atoms with Crippen LogP contribution in [0.5, 0.6) is 0 Å². The fourth-order valence-electron chi connectivity index (χ4n) is 2.48. The van der Waals surface area contributed by atoms with Crippen LogP contribution in [0.4, 0.5) is 0 Å². The number of rotatable bonds is 12. The molecule has 0 aromatic heterocycles. The summed E-state index contributed by atoms with van der Waals surface area (Å²) in [7, 11) is 0. The Balaban J connectivity index is 0. The van der Waals surface area contributed by atoms with Gasteiger partial charge in [0.15, 0.2) is 0 Å². The average molecular weight is 231 g/mol. The van der Waals surface area contributed by atoms with E-state index in [1.54, 1.807) is 0 Å². The molecule has 0 saturated carbocycles. The van der Waals surface area contributed by atoms with Gasteiger partial charge in [0.05, 0.1) is 0 Å². The predicted molar refractivity (Wildman–Crippen MR) is 78.8 cm³/mol. The molecule has 0 aliphatic carbocycles. The van der Waals surface area contributed by atoms with E-state index in [1.807, 2.05) is 0 Å². The zero-order chi connectivity index (χ0) is 12.1. The molecule has 2 heteroatoms. The van der Waals surface area contributed by atoms with E-state index in [0.29, 0.717) is 0 Å². The van der Waals surface area contributed by atoms with Gasteiger partial charge in [0.1, 0.15) is 0 Å². The molecule has 0 N–H and O–H groups in total. The largest absolute Gasteiger partial charge is 1.00 e. The van der Waals surface area contributed by atoms with Crippen LogP contribution < -0.4 is 18.9 Å². The molecule has 0 aliphatic heterocycles. The molecular weight excluding hydrogens is 198 g/mol. The summed E-state index contributed by atoms with van der Waals surface area (Å²) in [5.41, 5.74) is 0. The van der Waals surface area contributed by atoms with E-state index in [0.717, 1.165) is 6.71 Å². The van der Waals surface area contributed by atoms with Gasteiger partial charge >= 0.3 is 18.9 Å². The Morgan fingerprint density at radius 1 is 0.529 bits per heavy atom. The summed E-state index contributed by atoms with van der Waals surface area (Å²) >= 11 is 0. The summed E-state index contributed by atoms with van der Waals surface area (Å²) in [4.78, 5) is 0. The molecule has 0 nitrogen and oxygen atoms in total. The standard InChI is InChI=1S/C15H33B.Li/c1-4-7-10-13-16(14-11-8-5-2)15-12-9-6-3;/h4-15H2,1-3H3;/q-1;+1. The SMILES string of the molecule is CCCCC[B-](CCCCC)CCCCC.[Li+]. The summed E-state index contributed by atoms with van der Waals surface area (Å²) in [6.07, 6.45) is 17.4. The van der Waals surface area contributed by atoms with Gasteiger partial charge in [-0.2, -0.15) is 0 Å². The molecule has 0 bridgehead atoms. The van der Waals surface area contributed by atoms with Crippen LogP contribution in [0.25, 0.3) is 0 Å². The number of hydrogen-bond acceptors (Lipinski definition) is 0. The fourth-order valence-corrected chi connectivity index (χ4v) is 2.48. The van der Waals surface area contributed by atoms with Crippen molar-refractivity contribution in [3.63, 3.8) is 0 Å². The summed E-state index contributed by atoms with van der Waals surface area (Å²) < 4.78 is 0. The minimum absolute atomic E-state index is 0. The Labute approximate surface area is 123 Å². The smallest absolute Gasteiger partial charge is 0.208 e. The molecule has 0 heterocycles. The minimum Gasteiger partial charge on any atom is -0.208 e. The van der Waals surface area contributed by atoms with Crippen LogP contribution >= 0.6 is 0 Å². The van der Waals surface area contributed by atoms with Crippen molar-refractivity contribution in [3.05, 3.63) is 0 Å². The number of hydrogen-bond donors (Lipinski definition) is 0. The van der Waals surface area contributed by atoms with Gasteiger partial charge in [0, 0.05) is 0 Å². The monoisotopic (exact) mass is 231 g/mol. The molecule has 0 unspecified atom stereocenters. The van der Waals surface area contributed by atoms with Crippen molar-refractivity contribution in [2.24, 2.45) is 0 Å². The Hall–Kier alpha value is 0.662. The van der Waals surface area contributed by atoms with E-state index in [1.165, 1.54) is 76.7 Å². The molecule has 97 valence electrons. The zero-order valence-electron chi connectivity index (χ0n) is 13.1. The van der Waals surface area contributed by atoms with Crippen LogP contribution in [0.15, 0.2) is 0 Å². The van der Waals surface area contributed by atoms with E-state index >= 15 is 0 Å². The van der Waals surface area contributed by atoms with Crippen LogP contribution in [-0.2, 0) is 0 Å². The first kappa shape index (κ1) is 20.0. The van der Waals surface area contributed by atoms with Gasteiger partial charge in [-0.05, 0) is 0 Å². The normalized spacial score (nSPS) is 10.6. The molecule has 0 amide bonds. The van der Waals surface area contributed by atoms with Crippen molar-refractivity contribution >= 4 is 6.71 Å². The zero-order valence-corrected chi connectivity index (χ0v) is 13.1. The molecule has 0 atom stereocenters. The topological polar surface area (TPSA) is 0 Å². The molecule has 0 rings (SSSR count). The third-order valence-electron chi connectivity index (χ3n) is 3.65. The molecule has 0 aliphatic rings. The Kier molecular flexibility index (Phi) is 19.6. The molecule has 0 saturated heterocycles.